The van der Waals surface area contributed by atoms with Crippen LogP contribution in [-0.4, -0.2) is 0 Å². The predicted molar refractivity (Wildman–Crippen MR) is 239 cm³/mol. The number of unbranched alkanes of at least 4 members (excludes halogenated alkanes) is 12. The lowest BCUT2D eigenvalue weighted by Crippen LogP contribution is -2.00. The third-order valence-corrected chi connectivity index (χ3v) is 14.4. The fourth-order valence-electron chi connectivity index (χ4n) is 9.16. The van der Waals surface area contributed by atoms with Crippen molar-refractivity contribution in [2.45, 2.75) is 156 Å². The average molecular weight is 727 g/mol. The minimum Gasteiger partial charge on any atom is -0.135 e. The summed E-state index contributed by atoms with van der Waals surface area (Å²) in [6, 6.07) is 24.2. The summed E-state index contributed by atoms with van der Waals surface area (Å²) < 4.78 is 6.09. The van der Waals surface area contributed by atoms with Crippen LogP contribution in [0.25, 0.3) is 61.9 Å². The minimum atomic E-state index is 1.18. The zero-order chi connectivity index (χ0) is 35.9. The molecule has 2 aromatic heterocycles. The van der Waals surface area contributed by atoms with Crippen LogP contribution in [0, 0.1) is 0 Å². The van der Waals surface area contributed by atoms with Gasteiger partial charge in [-0.3, -0.25) is 0 Å². The molecule has 2 heterocycles. The maximum atomic E-state index is 2.76. The molecule has 52 heavy (non-hydrogen) atoms. The number of aryl methyl sites for hydroxylation is 4. The molecule has 0 atom stereocenters. The highest BCUT2D eigenvalue weighted by molar-refractivity contribution is 7.26. The molecule has 5 aromatic carbocycles. The first-order valence-electron chi connectivity index (χ1n) is 21.4. The van der Waals surface area contributed by atoms with Gasteiger partial charge in [0.1, 0.15) is 0 Å². The molecule has 0 bridgehead atoms. The van der Waals surface area contributed by atoms with Gasteiger partial charge in [0.25, 0.3) is 0 Å². The maximum absolute atomic E-state index is 2.76. The molecule has 274 valence electrons. The number of benzene rings is 5. The monoisotopic (exact) mass is 726 g/mol. The molecular weight excluding hydrogens is 665 g/mol. The molecular formula is C50H62S2. The predicted octanol–water partition coefficient (Wildman–Crippen LogP) is 17.2. The van der Waals surface area contributed by atoms with Gasteiger partial charge in [0.05, 0.1) is 0 Å². The average Bonchev–Trinajstić information content (AvgIpc) is 3.75. The number of fused-ring (bicyclic) bond motifs is 8. The molecule has 0 nitrogen and oxygen atoms in total. The first kappa shape index (κ1) is 37.4. The summed E-state index contributed by atoms with van der Waals surface area (Å²) in [6.45, 7) is 9.37. The van der Waals surface area contributed by atoms with Gasteiger partial charge >= 0.3 is 0 Å². The maximum Gasteiger partial charge on any atom is 0.0396 e. The zero-order valence-electron chi connectivity index (χ0n) is 32.7. The van der Waals surface area contributed by atoms with Crippen molar-refractivity contribution in [1.82, 2.24) is 0 Å². The highest BCUT2D eigenvalue weighted by Gasteiger charge is 2.23. The Morgan fingerprint density at radius 1 is 0.346 bits per heavy atom. The third-order valence-electron chi connectivity index (χ3n) is 11.9. The second-order valence-corrected chi connectivity index (χ2v) is 17.8. The summed E-state index contributed by atoms with van der Waals surface area (Å²) in [7, 11) is 0. The van der Waals surface area contributed by atoms with E-state index in [1.165, 1.54) is 149 Å². The van der Waals surface area contributed by atoms with E-state index in [-0.39, 0.29) is 0 Å². The largest absolute Gasteiger partial charge is 0.135 e. The van der Waals surface area contributed by atoms with E-state index in [4.69, 9.17) is 0 Å². The standard InChI is InChI=1S/C50H62S2/c1-5-9-13-17-25-35-41-33-44-38(28-20-16-12-8-4)50-48(40-30-22-24-32-46(40)52-50)36(26-18-14-10-6-2)42(44)34-43(41)37(27-19-15-11-7-3)49-47(35)39-29-21-23-31-45(39)51-49/h21-24,29-34H,5-20,25-28H2,1-4H3. The van der Waals surface area contributed by atoms with E-state index in [0.29, 0.717) is 0 Å². The SMILES string of the molecule is CCCCCCc1c2cc3c(CCCCCC)c4c(sc5ccccc54)c(CCCCCC)c3cc2c(CCCCCC)c2c1sc1ccccc12. The van der Waals surface area contributed by atoms with Crippen molar-refractivity contribution >= 4 is 84.6 Å². The smallest absolute Gasteiger partial charge is 0.0396 e. The summed E-state index contributed by atoms with van der Waals surface area (Å²) in [5.41, 5.74) is 6.54. The van der Waals surface area contributed by atoms with E-state index in [9.17, 15) is 0 Å². The Morgan fingerprint density at radius 3 is 1.04 bits per heavy atom. The van der Waals surface area contributed by atoms with Crippen LogP contribution < -0.4 is 0 Å². The lowest BCUT2D eigenvalue weighted by Gasteiger charge is -2.20. The van der Waals surface area contributed by atoms with Crippen molar-refractivity contribution < 1.29 is 0 Å². The van der Waals surface area contributed by atoms with Crippen molar-refractivity contribution in [2.75, 3.05) is 0 Å². The van der Waals surface area contributed by atoms with Crippen molar-refractivity contribution in [2.24, 2.45) is 0 Å². The van der Waals surface area contributed by atoms with Crippen molar-refractivity contribution in [3.8, 4) is 0 Å². The number of hydrogen-bond donors (Lipinski definition) is 0. The van der Waals surface area contributed by atoms with Gasteiger partial charge in [-0.05, 0) is 119 Å². The van der Waals surface area contributed by atoms with Gasteiger partial charge in [-0.25, -0.2) is 0 Å². The Labute approximate surface area is 322 Å². The summed E-state index contributed by atoms with van der Waals surface area (Å²) in [6.07, 6.45) is 25.6. The number of hydrogen-bond acceptors (Lipinski definition) is 2. The molecule has 0 unspecified atom stereocenters. The van der Waals surface area contributed by atoms with E-state index in [2.05, 4.69) is 111 Å². The normalized spacial score (nSPS) is 12.2. The van der Waals surface area contributed by atoms with E-state index in [0.717, 1.165) is 0 Å². The van der Waals surface area contributed by atoms with Crippen LogP contribution >= 0.6 is 22.7 Å². The summed E-state index contributed by atoms with van der Waals surface area (Å²) in [4.78, 5) is 0. The lowest BCUT2D eigenvalue weighted by molar-refractivity contribution is 0.667. The van der Waals surface area contributed by atoms with Gasteiger partial charge in [-0.1, -0.05) is 141 Å². The highest BCUT2D eigenvalue weighted by atomic mass is 32.1. The molecule has 0 spiro atoms. The summed E-state index contributed by atoms with van der Waals surface area (Å²) in [5, 5.41) is 12.4. The topological polar surface area (TPSA) is 0 Å². The van der Waals surface area contributed by atoms with Crippen molar-refractivity contribution in [3.63, 3.8) is 0 Å². The van der Waals surface area contributed by atoms with Crippen LogP contribution in [0.15, 0.2) is 60.7 Å². The second kappa shape index (κ2) is 17.9. The molecule has 7 aromatic rings. The quantitative estimate of drug-likeness (QED) is 0.0542. The molecule has 7 rings (SSSR count). The number of thiophene rings is 2. The molecule has 0 saturated carbocycles. The molecule has 0 radical (unpaired) electrons. The first-order chi connectivity index (χ1) is 25.7. The van der Waals surface area contributed by atoms with Gasteiger partial charge in [0.2, 0.25) is 0 Å². The van der Waals surface area contributed by atoms with Crippen LogP contribution in [-0.2, 0) is 25.7 Å². The van der Waals surface area contributed by atoms with Crippen LogP contribution in [0.4, 0.5) is 0 Å². The van der Waals surface area contributed by atoms with Crippen molar-refractivity contribution in [3.05, 3.63) is 82.9 Å². The molecule has 0 N–H and O–H groups in total. The van der Waals surface area contributed by atoms with Crippen LogP contribution in [0.1, 0.15) is 153 Å². The Bertz CT molecular complexity index is 2100. The van der Waals surface area contributed by atoms with Crippen molar-refractivity contribution in [1.29, 1.82) is 0 Å². The summed E-state index contributed by atoms with van der Waals surface area (Å²) in [5.74, 6) is 0. The highest BCUT2D eigenvalue weighted by Crippen LogP contribution is 2.48. The van der Waals surface area contributed by atoms with Crippen LogP contribution in [0.5, 0.6) is 0 Å². The molecule has 0 aliphatic heterocycles. The van der Waals surface area contributed by atoms with E-state index in [1.54, 1.807) is 64.0 Å². The van der Waals surface area contributed by atoms with Crippen LogP contribution in [0.3, 0.4) is 0 Å². The van der Waals surface area contributed by atoms with E-state index < -0.39 is 0 Å². The Kier molecular flexibility index (Phi) is 12.9. The van der Waals surface area contributed by atoms with Gasteiger partial charge in [-0.2, -0.15) is 0 Å². The van der Waals surface area contributed by atoms with Gasteiger partial charge in [-0.15, -0.1) is 22.7 Å². The molecule has 0 aliphatic rings. The van der Waals surface area contributed by atoms with Gasteiger partial charge in [0.15, 0.2) is 0 Å². The molecule has 0 fully saturated rings. The zero-order valence-corrected chi connectivity index (χ0v) is 34.4. The van der Waals surface area contributed by atoms with Gasteiger partial charge in [0, 0.05) is 40.3 Å². The minimum absolute atomic E-state index is 1.18. The molecule has 0 saturated heterocycles. The van der Waals surface area contributed by atoms with E-state index >= 15 is 0 Å². The fourth-order valence-corrected chi connectivity index (χ4v) is 11.8. The third kappa shape index (κ3) is 7.54. The Morgan fingerprint density at radius 2 is 0.673 bits per heavy atom. The molecule has 0 amide bonds. The Hall–Kier alpha value is -2.94. The first-order valence-corrected chi connectivity index (χ1v) is 23.0. The van der Waals surface area contributed by atoms with Gasteiger partial charge < -0.3 is 0 Å². The summed E-state index contributed by atoms with van der Waals surface area (Å²) >= 11 is 4.16. The van der Waals surface area contributed by atoms with Crippen LogP contribution in [0.2, 0.25) is 0 Å². The fraction of sp³-hybridized carbons (Fsp3) is 0.480. The lowest BCUT2D eigenvalue weighted by atomic mass is 9.84. The molecule has 2 heteroatoms. The second-order valence-electron chi connectivity index (χ2n) is 15.7. The number of rotatable bonds is 20. The van der Waals surface area contributed by atoms with E-state index in [1.807, 2.05) is 0 Å². The molecule has 0 aliphatic carbocycles. The Balaban J connectivity index is 1.58.